The molecule has 0 saturated carbocycles. The number of carboxylic acids is 3. The number of aromatic nitrogens is 5. The molecule has 16 N–H and O–H groups in total. The number of aliphatic carboxylic acids is 3. The number of carbonyl (C=O) groups excluding carboxylic acids is 10. The summed E-state index contributed by atoms with van der Waals surface area (Å²) in [4.78, 5) is 172. The number of carbonyl (C=O) groups is 13. The van der Waals surface area contributed by atoms with Gasteiger partial charge in [-0.3, -0.25) is 53.3 Å². The Balaban J connectivity index is 0.870. The Labute approximate surface area is 734 Å². The fourth-order valence-electron chi connectivity index (χ4n) is 12.6. The molecule has 0 aliphatic heterocycles. The molecule has 10 amide bonds. The molecular formula is C84H121ClFN17O23. The Hall–Kier alpha value is -11.4. The molecule has 5 rings (SSSR count). The van der Waals surface area contributed by atoms with Gasteiger partial charge in [-0.25, -0.2) is 33.3 Å². The highest BCUT2D eigenvalue weighted by Crippen LogP contribution is 2.33. The van der Waals surface area contributed by atoms with E-state index in [1.807, 2.05) is 0 Å². The molecule has 5 atom stereocenters. The maximum absolute atomic E-state index is 14.1. The number of hydrogen-bond acceptors (Lipinski definition) is 25. The second kappa shape index (κ2) is 61.1. The van der Waals surface area contributed by atoms with Crippen LogP contribution in [0.2, 0.25) is 5.02 Å². The summed E-state index contributed by atoms with van der Waals surface area (Å²) in [5, 5.41) is 77.4. The number of alkyl carbamates (subject to hydrolysis) is 1. The summed E-state index contributed by atoms with van der Waals surface area (Å²) in [5.74, 6) is -10.2. The van der Waals surface area contributed by atoms with Crippen LogP contribution in [0.15, 0.2) is 67.1 Å². The van der Waals surface area contributed by atoms with Gasteiger partial charge in [0.2, 0.25) is 53.2 Å². The number of aliphatic hydroxyl groups is 1. The van der Waals surface area contributed by atoms with Gasteiger partial charge in [0.15, 0.2) is 11.3 Å². The van der Waals surface area contributed by atoms with E-state index in [2.05, 4.69) is 74.3 Å². The number of anilines is 1. The van der Waals surface area contributed by atoms with E-state index >= 15 is 0 Å². The van der Waals surface area contributed by atoms with E-state index < -0.39 is 133 Å². The predicted molar refractivity (Wildman–Crippen MR) is 455 cm³/mol. The molecule has 0 saturated heterocycles. The third-order valence-corrected chi connectivity index (χ3v) is 19.6. The highest BCUT2D eigenvalue weighted by atomic mass is 35.5. The second-order valence-electron chi connectivity index (χ2n) is 30.0. The Kier molecular flexibility index (Phi) is 51.0. The van der Waals surface area contributed by atoms with Crippen LogP contribution >= 0.6 is 11.6 Å². The Morgan fingerprint density at radius 3 is 1.71 bits per heavy atom. The lowest BCUT2D eigenvalue weighted by Crippen LogP contribution is -2.56. The summed E-state index contributed by atoms with van der Waals surface area (Å²) in [6, 6.07) is 9.34. The molecule has 694 valence electrons. The number of halogens is 2. The number of carboxylic acid groups (broad SMARTS) is 3. The third-order valence-electron chi connectivity index (χ3n) is 19.3. The number of rotatable bonds is 68. The monoisotopic (exact) mass is 1790 g/mol. The zero-order chi connectivity index (χ0) is 91.8. The maximum atomic E-state index is 14.1. The fraction of sp³-hybridized carbons (Fsp3) is 0.583. The highest BCUT2D eigenvalue weighted by molar-refractivity contribution is 6.31. The van der Waals surface area contributed by atoms with Crippen LogP contribution in [-0.2, 0) is 99.1 Å². The molecule has 0 aliphatic carbocycles. The van der Waals surface area contributed by atoms with Gasteiger partial charge in [-0.1, -0.05) is 115 Å². The number of nitrogens with two attached hydrogens (primary N) is 1. The molecule has 0 fully saturated rings. The van der Waals surface area contributed by atoms with Gasteiger partial charge < -0.3 is 107 Å². The molecule has 126 heavy (non-hydrogen) atoms. The summed E-state index contributed by atoms with van der Waals surface area (Å²) < 4.78 is 49.9. The number of imidazole rings is 2. The van der Waals surface area contributed by atoms with Crippen molar-refractivity contribution in [3.63, 3.8) is 0 Å². The molecule has 40 nitrogen and oxygen atoms in total. The van der Waals surface area contributed by atoms with E-state index in [1.54, 1.807) is 61.1 Å². The van der Waals surface area contributed by atoms with Crippen molar-refractivity contribution in [1.82, 2.24) is 72.0 Å². The largest absolute Gasteiger partial charge is 0.481 e. The number of benzene rings is 2. The zero-order valence-corrected chi connectivity index (χ0v) is 72.1. The zero-order valence-electron chi connectivity index (χ0n) is 71.4. The third kappa shape index (κ3) is 43.0. The van der Waals surface area contributed by atoms with Crippen LogP contribution in [0.4, 0.5) is 14.9 Å². The van der Waals surface area contributed by atoms with E-state index in [1.165, 1.54) is 41.8 Å². The molecule has 0 spiro atoms. The number of amides is 10. The van der Waals surface area contributed by atoms with Crippen LogP contribution in [0.3, 0.4) is 0 Å². The lowest BCUT2D eigenvalue weighted by Gasteiger charge is -2.23. The van der Waals surface area contributed by atoms with E-state index in [0.717, 1.165) is 70.6 Å². The molecule has 0 aliphatic rings. The molecule has 3 aromatic heterocycles. The fourth-order valence-corrected chi connectivity index (χ4v) is 12.8. The van der Waals surface area contributed by atoms with Gasteiger partial charge in [0, 0.05) is 56.6 Å². The SMILES string of the molecule is CC(C)CC(NC(=O)COCCOCCNC(=O)COCCOCCNC(=O)CCC(NC(=O)CCC(NC(=O)CCCCCCCCCCCCCCCCC(=O)O)C(=O)O)C(=O)O)C(=O)NC(CO)C(=O)NCC(=O)NC(CCCCN)C(=O)Nc1ccc(COC(=O)NCOCCn2cnc(-c3ccc(F)c(Cl)c3)c2-c2ccc3ncc(C#N)n3n2)cc1. The number of aliphatic hydroxyl groups excluding tert-OH is 1. The van der Waals surface area contributed by atoms with E-state index in [0.29, 0.717) is 65.4 Å². The molecule has 42 heteroatoms. The average Bonchev–Trinajstić information content (AvgIpc) is 1.62. The van der Waals surface area contributed by atoms with Crippen LogP contribution in [0.25, 0.3) is 28.3 Å². The summed E-state index contributed by atoms with van der Waals surface area (Å²) in [6.45, 7) is 1.86. The van der Waals surface area contributed by atoms with Gasteiger partial charge in [0.05, 0.1) is 88.3 Å². The summed E-state index contributed by atoms with van der Waals surface area (Å²) in [7, 11) is 0. The van der Waals surface area contributed by atoms with Gasteiger partial charge in [0.1, 0.15) is 74.3 Å². The first-order valence-corrected chi connectivity index (χ1v) is 42.8. The Bertz CT molecular complexity index is 4300. The number of nitrogens with one attached hydrogen (secondary N) is 10. The van der Waals surface area contributed by atoms with Crippen LogP contribution < -0.4 is 58.9 Å². The van der Waals surface area contributed by atoms with Gasteiger partial charge in [-0.2, -0.15) is 10.4 Å². The van der Waals surface area contributed by atoms with Crippen molar-refractivity contribution in [2.45, 2.75) is 211 Å². The first kappa shape index (κ1) is 105. The minimum atomic E-state index is -1.56. The molecule has 0 radical (unpaired) electrons. The summed E-state index contributed by atoms with van der Waals surface area (Å²) >= 11 is 6.12. The topological polar surface area (TPSA) is 576 Å². The van der Waals surface area contributed by atoms with Crippen molar-refractivity contribution >= 4 is 100 Å². The van der Waals surface area contributed by atoms with Crippen molar-refractivity contribution in [3.05, 3.63) is 89.2 Å². The minimum Gasteiger partial charge on any atom is -0.481 e. The number of nitrogens with zero attached hydrogens (tertiary/aromatic N) is 6. The normalized spacial score (nSPS) is 12.3. The quantitative estimate of drug-likeness (QED) is 0.0183. The number of hydrogen-bond donors (Lipinski definition) is 15. The van der Waals surface area contributed by atoms with Crippen LogP contribution in [0.5, 0.6) is 0 Å². The Morgan fingerprint density at radius 1 is 0.548 bits per heavy atom. The van der Waals surface area contributed by atoms with E-state index in [4.69, 9.17) is 50.9 Å². The first-order valence-electron chi connectivity index (χ1n) is 42.4. The van der Waals surface area contributed by atoms with Gasteiger partial charge in [0.25, 0.3) is 0 Å². The van der Waals surface area contributed by atoms with Crippen molar-refractivity contribution in [3.8, 4) is 28.7 Å². The average molecular weight is 1790 g/mol. The number of ether oxygens (including phenoxy) is 6. The molecule has 5 unspecified atom stereocenters. The summed E-state index contributed by atoms with van der Waals surface area (Å²) in [6.07, 6.45) is 16.8. The molecular weight excluding hydrogens is 1670 g/mol. The van der Waals surface area contributed by atoms with Crippen molar-refractivity contribution in [2.24, 2.45) is 11.7 Å². The molecule has 3 heterocycles. The second-order valence-corrected chi connectivity index (χ2v) is 30.4. The van der Waals surface area contributed by atoms with E-state index in [-0.39, 0.29) is 154 Å². The molecule has 5 aromatic rings. The summed E-state index contributed by atoms with van der Waals surface area (Å²) in [5.41, 5.74) is 9.11. The van der Waals surface area contributed by atoms with Gasteiger partial charge >= 0.3 is 24.0 Å². The number of unbranched alkanes of at least 4 members (excludes halogenated alkanes) is 14. The first-order chi connectivity index (χ1) is 60.7. The van der Waals surface area contributed by atoms with E-state index in [9.17, 15) is 87.3 Å². The lowest BCUT2D eigenvalue weighted by atomic mass is 10.0. The predicted octanol–water partition coefficient (Wildman–Crippen LogP) is 4.83. The molecule has 2 aromatic carbocycles. The smallest absolute Gasteiger partial charge is 0.409 e. The Morgan fingerprint density at radius 2 is 1.12 bits per heavy atom. The van der Waals surface area contributed by atoms with Crippen LogP contribution in [0.1, 0.15) is 179 Å². The number of fused-ring (bicyclic) bond motifs is 1. The van der Waals surface area contributed by atoms with Crippen LogP contribution in [-0.4, -0.2) is 251 Å². The standard InChI is InChI=1S/C84H121ClFN17O23/c1-56(2)45-67(99-75(110)53-124-44-42-122-39-36-90-74(109)52-123-43-41-121-38-35-89-70(105)32-29-65(82(116)117)98-72(107)33-30-66(83(118)119)97-71(106)20-15-13-11-9-7-5-3-4-6-8-10-12-14-16-21-76(111)112)81(115)100-68(50-104)79(113)92-49-73(108)96-64(19-17-18-34-87)80(114)95-59-25-22-57(23-26-59)51-126-84(120)94-55-125-40-37-102-54-93-77(58-24-27-62(86)61(85)46-58)78(102)63-28-31-69-91-48-60(47-88)103(69)101-63/h22-28,31,46,48,54,56,64-68,104H,3-21,29-30,32-45,49-53,55,87H2,1-2H3,(H,89,105)(H,90,109)(H,92,113)(H,94,120)(H,95,114)(H,96,108)(H,97,106)(H,98,107)(H,99,110)(H,100,115)(H,111,112)(H,116,117)(H,118,119). The number of nitriles is 1. The van der Waals surface area contributed by atoms with Gasteiger partial charge in [-0.05, 0) is 112 Å². The van der Waals surface area contributed by atoms with Crippen molar-refractivity contribution < 1.29 is 116 Å². The van der Waals surface area contributed by atoms with Crippen molar-refractivity contribution in [1.29, 1.82) is 5.26 Å². The minimum absolute atomic E-state index is 0.0270. The highest BCUT2D eigenvalue weighted by Gasteiger charge is 2.30. The van der Waals surface area contributed by atoms with Gasteiger partial charge in [-0.15, -0.1) is 0 Å². The van der Waals surface area contributed by atoms with Crippen molar-refractivity contribution in [2.75, 3.05) is 104 Å². The van der Waals surface area contributed by atoms with Crippen LogP contribution in [0, 0.1) is 23.1 Å². The molecule has 0 bridgehead atoms. The maximum Gasteiger partial charge on any atom is 0.409 e. The lowest BCUT2D eigenvalue weighted by molar-refractivity contribution is -0.143.